The van der Waals surface area contributed by atoms with Crippen LogP contribution in [0.4, 0.5) is 10.5 Å². The molecule has 6 heteroatoms. The minimum atomic E-state index is -0.184. The van der Waals surface area contributed by atoms with Crippen LogP contribution in [0.25, 0.3) is 0 Å². The molecule has 2 aromatic rings. The number of urea groups is 1. The molecule has 1 aliphatic rings. The first kappa shape index (κ1) is 19.7. The van der Waals surface area contributed by atoms with Crippen molar-refractivity contribution >= 4 is 17.6 Å². The van der Waals surface area contributed by atoms with Crippen LogP contribution in [0.5, 0.6) is 5.75 Å². The number of amides is 3. The van der Waals surface area contributed by atoms with Gasteiger partial charge < -0.3 is 19.9 Å². The lowest BCUT2D eigenvalue weighted by Crippen LogP contribution is -2.36. The summed E-state index contributed by atoms with van der Waals surface area (Å²) in [7, 11) is 4.94. The molecule has 0 heterocycles. The lowest BCUT2D eigenvalue weighted by atomic mass is 10.1. The number of nitrogens with one attached hydrogen (secondary N) is 1. The average Bonchev–Trinajstić information content (AvgIpc) is 3.50. The van der Waals surface area contributed by atoms with Gasteiger partial charge in [-0.05, 0) is 43.5 Å². The summed E-state index contributed by atoms with van der Waals surface area (Å²) in [5.41, 5.74) is 3.27. The molecule has 1 saturated carbocycles. The van der Waals surface area contributed by atoms with Crippen molar-refractivity contribution in [1.29, 1.82) is 0 Å². The lowest BCUT2D eigenvalue weighted by Gasteiger charge is -2.24. The van der Waals surface area contributed by atoms with Gasteiger partial charge in [-0.2, -0.15) is 0 Å². The number of carbonyl (C=O) groups is 2. The smallest absolute Gasteiger partial charge is 0.322 e. The summed E-state index contributed by atoms with van der Waals surface area (Å²) in [4.78, 5) is 28.7. The molecule has 0 unspecified atom stereocenters. The molecule has 3 amide bonds. The second-order valence-electron chi connectivity index (χ2n) is 7.39. The second-order valence-corrected chi connectivity index (χ2v) is 7.39. The fourth-order valence-corrected chi connectivity index (χ4v) is 3.14. The zero-order chi connectivity index (χ0) is 20.3. The number of rotatable bonds is 6. The van der Waals surface area contributed by atoms with Crippen LogP contribution in [0.1, 0.15) is 34.3 Å². The van der Waals surface area contributed by atoms with E-state index in [0.717, 1.165) is 18.4 Å². The SMILES string of the molecule is COc1ccc(C(=O)N(C)C)cc1NC(=O)N(Cc1cccc(C)c1)C1CC1. The third kappa shape index (κ3) is 4.63. The molecule has 0 atom stereocenters. The molecule has 3 rings (SSSR count). The summed E-state index contributed by atoms with van der Waals surface area (Å²) >= 11 is 0. The van der Waals surface area contributed by atoms with Crippen molar-refractivity contribution in [2.45, 2.75) is 32.4 Å². The first-order valence-corrected chi connectivity index (χ1v) is 9.42. The Labute approximate surface area is 166 Å². The summed E-state index contributed by atoms with van der Waals surface area (Å²) in [6.07, 6.45) is 2.02. The van der Waals surface area contributed by atoms with Gasteiger partial charge in [0.05, 0.1) is 12.8 Å². The Morgan fingerprint density at radius 3 is 2.50 bits per heavy atom. The predicted molar refractivity (Wildman–Crippen MR) is 110 cm³/mol. The van der Waals surface area contributed by atoms with Gasteiger partial charge in [0.15, 0.2) is 0 Å². The normalized spacial score (nSPS) is 13.0. The van der Waals surface area contributed by atoms with Gasteiger partial charge in [0.25, 0.3) is 5.91 Å². The van der Waals surface area contributed by atoms with Gasteiger partial charge in [-0.15, -0.1) is 0 Å². The van der Waals surface area contributed by atoms with E-state index < -0.39 is 0 Å². The summed E-state index contributed by atoms with van der Waals surface area (Å²) in [5.74, 6) is 0.395. The monoisotopic (exact) mass is 381 g/mol. The predicted octanol–water partition coefficient (Wildman–Crippen LogP) is 3.90. The Bertz CT molecular complexity index is 875. The number of methoxy groups -OCH3 is 1. The van der Waals surface area contributed by atoms with E-state index in [0.29, 0.717) is 23.5 Å². The van der Waals surface area contributed by atoms with Gasteiger partial charge in [-0.25, -0.2) is 4.79 Å². The Balaban J connectivity index is 1.81. The molecule has 1 fully saturated rings. The van der Waals surface area contributed by atoms with E-state index >= 15 is 0 Å². The van der Waals surface area contributed by atoms with Crippen molar-refractivity contribution in [3.05, 3.63) is 59.2 Å². The van der Waals surface area contributed by atoms with Crippen LogP contribution in [0, 0.1) is 6.92 Å². The van der Waals surface area contributed by atoms with Crippen molar-refractivity contribution in [1.82, 2.24) is 9.80 Å². The minimum Gasteiger partial charge on any atom is -0.495 e. The standard InChI is InChI=1S/C22H27N3O3/c1-15-6-5-7-16(12-15)14-25(18-9-10-18)22(27)23-19-13-17(21(26)24(2)3)8-11-20(19)28-4/h5-8,11-13,18H,9-10,14H2,1-4H3,(H,23,27). The maximum atomic E-state index is 13.0. The van der Waals surface area contributed by atoms with Gasteiger partial charge in [-0.3, -0.25) is 4.79 Å². The van der Waals surface area contributed by atoms with Crippen LogP contribution in [0.15, 0.2) is 42.5 Å². The summed E-state index contributed by atoms with van der Waals surface area (Å²) < 4.78 is 5.37. The van der Waals surface area contributed by atoms with Crippen LogP contribution in [-0.4, -0.2) is 49.0 Å². The maximum Gasteiger partial charge on any atom is 0.322 e. The fourth-order valence-electron chi connectivity index (χ4n) is 3.14. The van der Waals surface area contributed by atoms with Crippen LogP contribution < -0.4 is 10.1 Å². The van der Waals surface area contributed by atoms with Crippen molar-refractivity contribution < 1.29 is 14.3 Å². The molecule has 2 aromatic carbocycles. The summed E-state index contributed by atoms with van der Waals surface area (Å²) in [5, 5.41) is 2.94. The molecule has 28 heavy (non-hydrogen) atoms. The first-order chi connectivity index (χ1) is 13.4. The van der Waals surface area contributed by atoms with Gasteiger partial charge >= 0.3 is 6.03 Å². The third-order valence-electron chi connectivity index (χ3n) is 4.78. The number of benzene rings is 2. The lowest BCUT2D eigenvalue weighted by molar-refractivity contribution is 0.0827. The van der Waals surface area contributed by atoms with Gasteiger partial charge in [-0.1, -0.05) is 29.8 Å². The third-order valence-corrected chi connectivity index (χ3v) is 4.78. The number of ether oxygens (including phenoxy) is 1. The molecular weight excluding hydrogens is 354 g/mol. The van der Waals surface area contributed by atoms with E-state index in [1.807, 2.05) is 30.0 Å². The molecule has 0 saturated heterocycles. The Morgan fingerprint density at radius 1 is 1.14 bits per heavy atom. The van der Waals surface area contributed by atoms with Crippen LogP contribution in [-0.2, 0) is 6.54 Å². The van der Waals surface area contributed by atoms with Gasteiger partial charge in [0.1, 0.15) is 5.75 Å². The van der Waals surface area contributed by atoms with Crippen LogP contribution in [0.2, 0.25) is 0 Å². The highest BCUT2D eigenvalue weighted by Gasteiger charge is 2.33. The average molecular weight is 381 g/mol. The first-order valence-electron chi connectivity index (χ1n) is 9.42. The molecule has 0 aliphatic heterocycles. The van der Waals surface area contributed by atoms with E-state index in [1.54, 1.807) is 39.4 Å². The van der Waals surface area contributed by atoms with E-state index in [-0.39, 0.29) is 18.0 Å². The topological polar surface area (TPSA) is 61.9 Å². The van der Waals surface area contributed by atoms with E-state index in [4.69, 9.17) is 4.74 Å². The van der Waals surface area contributed by atoms with Crippen molar-refractivity contribution in [3.8, 4) is 5.75 Å². The molecule has 0 radical (unpaired) electrons. The van der Waals surface area contributed by atoms with Crippen LogP contribution in [0.3, 0.4) is 0 Å². The molecule has 1 N–H and O–H groups in total. The van der Waals surface area contributed by atoms with Crippen LogP contribution >= 0.6 is 0 Å². The quantitative estimate of drug-likeness (QED) is 0.825. The summed E-state index contributed by atoms with van der Waals surface area (Å²) in [6, 6.07) is 13.3. The fraction of sp³-hybridized carbons (Fsp3) is 0.364. The number of carbonyl (C=O) groups excluding carboxylic acids is 2. The second kappa shape index (κ2) is 8.33. The highest BCUT2D eigenvalue weighted by atomic mass is 16.5. The molecule has 0 aromatic heterocycles. The molecule has 6 nitrogen and oxygen atoms in total. The molecule has 0 bridgehead atoms. The molecular formula is C22H27N3O3. The maximum absolute atomic E-state index is 13.0. The number of anilines is 1. The largest absolute Gasteiger partial charge is 0.495 e. The zero-order valence-corrected chi connectivity index (χ0v) is 16.9. The number of nitrogens with zero attached hydrogens (tertiary/aromatic N) is 2. The van der Waals surface area contributed by atoms with E-state index in [2.05, 4.69) is 11.4 Å². The number of aryl methyl sites for hydroxylation is 1. The zero-order valence-electron chi connectivity index (χ0n) is 16.9. The molecule has 148 valence electrons. The van der Waals surface area contributed by atoms with E-state index in [9.17, 15) is 9.59 Å². The Morgan fingerprint density at radius 2 is 1.89 bits per heavy atom. The minimum absolute atomic E-state index is 0.128. The Hall–Kier alpha value is -3.02. The number of hydrogen-bond donors (Lipinski definition) is 1. The van der Waals surface area contributed by atoms with Gasteiger partial charge in [0.2, 0.25) is 0 Å². The van der Waals surface area contributed by atoms with Crippen molar-refractivity contribution in [3.63, 3.8) is 0 Å². The van der Waals surface area contributed by atoms with E-state index in [1.165, 1.54) is 10.5 Å². The Kier molecular flexibility index (Phi) is 5.87. The van der Waals surface area contributed by atoms with Crippen molar-refractivity contribution in [2.75, 3.05) is 26.5 Å². The summed E-state index contributed by atoms with van der Waals surface area (Å²) in [6.45, 7) is 2.60. The van der Waals surface area contributed by atoms with Crippen molar-refractivity contribution in [2.24, 2.45) is 0 Å². The highest BCUT2D eigenvalue weighted by molar-refractivity contribution is 5.98. The van der Waals surface area contributed by atoms with Gasteiger partial charge in [0, 0.05) is 32.2 Å². The molecule has 1 aliphatic carbocycles. The number of hydrogen-bond acceptors (Lipinski definition) is 3. The highest BCUT2D eigenvalue weighted by Crippen LogP contribution is 2.31. The molecule has 0 spiro atoms.